The van der Waals surface area contributed by atoms with Crippen LogP contribution in [-0.2, 0) is 4.74 Å². The Balaban J connectivity index is 1.39. The van der Waals surface area contributed by atoms with Crippen LogP contribution in [0.2, 0.25) is 0 Å². The van der Waals surface area contributed by atoms with Gasteiger partial charge in [-0.2, -0.15) is 0 Å². The fourth-order valence-corrected chi connectivity index (χ4v) is 4.94. The second kappa shape index (κ2) is 11.5. The maximum atomic E-state index is 13.1. The molecule has 4 rings (SSSR count). The summed E-state index contributed by atoms with van der Waals surface area (Å²) in [6.07, 6.45) is -0.298. The number of nitrogens with zero attached hydrogens (tertiary/aromatic N) is 3. The van der Waals surface area contributed by atoms with Crippen molar-refractivity contribution in [3.8, 4) is 5.75 Å². The van der Waals surface area contributed by atoms with E-state index in [2.05, 4.69) is 10.2 Å². The molecule has 2 aromatic carbocycles. The SMILES string of the molecule is CC(OC(N)=O)C(Oc1ccccc1)N1CCC(CNC(=O)n2c(=O)n(C(C)C)c3ccccc32)CC1. The molecule has 10 heteroatoms. The molecule has 2 amide bonds. The van der Waals surface area contributed by atoms with Crippen LogP contribution >= 0.6 is 0 Å². The van der Waals surface area contributed by atoms with Gasteiger partial charge >= 0.3 is 17.8 Å². The molecule has 0 radical (unpaired) electrons. The first-order valence-electron chi connectivity index (χ1n) is 12.7. The second-order valence-electron chi connectivity index (χ2n) is 9.70. The Hall–Kier alpha value is -3.79. The largest absolute Gasteiger partial charge is 0.471 e. The number of likely N-dealkylation sites (tertiary alicyclic amines) is 1. The molecule has 1 aromatic heterocycles. The molecular weight excluding hydrogens is 474 g/mol. The van der Waals surface area contributed by atoms with Gasteiger partial charge in [0.25, 0.3) is 0 Å². The molecule has 37 heavy (non-hydrogen) atoms. The van der Waals surface area contributed by atoms with Crippen LogP contribution in [0.4, 0.5) is 9.59 Å². The number of aromatic nitrogens is 2. The van der Waals surface area contributed by atoms with Crippen LogP contribution in [0.1, 0.15) is 39.7 Å². The smallest absolute Gasteiger partial charge is 0.404 e. The number of fused-ring (bicyclic) bond motifs is 1. The fraction of sp³-hybridized carbons (Fsp3) is 0.444. The zero-order valence-electron chi connectivity index (χ0n) is 21.5. The normalized spacial score (nSPS) is 16.4. The molecule has 1 saturated heterocycles. The number of rotatable bonds is 8. The predicted molar refractivity (Wildman–Crippen MR) is 141 cm³/mol. The van der Waals surface area contributed by atoms with E-state index < -0.39 is 24.5 Å². The summed E-state index contributed by atoms with van der Waals surface area (Å²) in [5.41, 5.74) is 6.25. The number of imidazole rings is 1. The first-order valence-corrected chi connectivity index (χ1v) is 12.7. The minimum absolute atomic E-state index is 0.0669. The van der Waals surface area contributed by atoms with Crippen molar-refractivity contribution in [1.29, 1.82) is 0 Å². The van der Waals surface area contributed by atoms with E-state index in [4.69, 9.17) is 15.2 Å². The molecule has 2 unspecified atom stereocenters. The Labute approximate surface area is 215 Å². The lowest BCUT2D eigenvalue weighted by atomic mass is 9.96. The lowest BCUT2D eigenvalue weighted by molar-refractivity contribution is -0.0728. The van der Waals surface area contributed by atoms with E-state index in [1.165, 1.54) is 4.57 Å². The van der Waals surface area contributed by atoms with Gasteiger partial charge in [0.15, 0.2) is 12.3 Å². The molecule has 3 N–H and O–H groups in total. The van der Waals surface area contributed by atoms with Gasteiger partial charge in [-0.1, -0.05) is 30.3 Å². The summed E-state index contributed by atoms with van der Waals surface area (Å²) in [6, 6.07) is 16.2. The highest BCUT2D eigenvalue weighted by atomic mass is 16.6. The van der Waals surface area contributed by atoms with Crippen molar-refractivity contribution in [2.24, 2.45) is 11.7 Å². The summed E-state index contributed by atoms with van der Waals surface area (Å²) < 4.78 is 14.3. The van der Waals surface area contributed by atoms with Gasteiger partial charge in [-0.15, -0.1) is 0 Å². The molecule has 198 valence electrons. The summed E-state index contributed by atoms with van der Waals surface area (Å²) >= 11 is 0. The minimum Gasteiger partial charge on any atom is -0.471 e. The number of para-hydroxylation sites is 3. The van der Waals surface area contributed by atoms with Crippen molar-refractivity contribution in [2.75, 3.05) is 19.6 Å². The Morgan fingerprint density at radius 3 is 2.24 bits per heavy atom. The van der Waals surface area contributed by atoms with Gasteiger partial charge < -0.3 is 20.5 Å². The highest BCUT2D eigenvalue weighted by Gasteiger charge is 2.32. The summed E-state index contributed by atoms with van der Waals surface area (Å²) in [4.78, 5) is 39.6. The van der Waals surface area contributed by atoms with Gasteiger partial charge in [0.1, 0.15) is 5.75 Å². The van der Waals surface area contributed by atoms with Crippen molar-refractivity contribution in [1.82, 2.24) is 19.4 Å². The lowest BCUT2D eigenvalue weighted by Gasteiger charge is -2.39. The van der Waals surface area contributed by atoms with Gasteiger partial charge in [0, 0.05) is 25.7 Å². The van der Waals surface area contributed by atoms with Crippen LogP contribution in [0.15, 0.2) is 59.4 Å². The zero-order valence-corrected chi connectivity index (χ0v) is 21.5. The third-order valence-electron chi connectivity index (χ3n) is 6.75. The van der Waals surface area contributed by atoms with E-state index in [-0.39, 0.29) is 17.6 Å². The summed E-state index contributed by atoms with van der Waals surface area (Å²) in [5, 5.41) is 2.96. The predicted octanol–water partition coefficient (Wildman–Crippen LogP) is 3.54. The van der Waals surface area contributed by atoms with Crippen molar-refractivity contribution in [2.45, 2.75) is 52.0 Å². The van der Waals surface area contributed by atoms with Crippen LogP contribution in [0.3, 0.4) is 0 Å². The average molecular weight is 510 g/mol. The van der Waals surface area contributed by atoms with Crippen molar-refractivity contribution in [3.63, 3.8) is 0 Å². The van der Waals surface area contributed by atoms with Gasteiger partial charge in [0.2, 0.25) is 0 Å². The number of primary amides is 1. The fourth-order valence-electron chi connectivity index (χ4n) is 4.94. The van der Waals surface area contributed by atoms with Crippen LogP contribution in [0.5, 0.6) is 5.75 Å². The monoisotopic (exact) mass is 509 g/mol. The molecule has 0 aliphatic carbocycles. The van der Waals surface area contributed by atoms with Crippen LogP contribution < -0.4 is 21.5 Å². The number of carbonyl (C=O) groups is 2. The quantitative estimate of drug-likeness (QED) is 0.479. The molecule has 3 aromatic rings. The van der Waals surface area contributed by atoms with Crippen molar-refractivity contribution >= 4 is 23.2 Å². The molecule has 1 aliphatic heterocycles. The van der Waals surface area contributed by atoms with Crippen molar-refractivity contribution < 1.29 is 19.1 Å². The Bertz CT molecular complexity index is 1280. The highest BCUT2D eigenvalue weighted by Crippen LogP contribution is 2.24. The van der Waals surface area contributed by atoms with E-state index in [1.807, 2.05) is 62.4 Å². The molecule has 10 nitrogen and oxygen atoms in total. The molecule has 0 bridgehead atoms. The van der Waals surface area contributed by atoms with Crippen LogP contribution in [-0.4, -0.2) is 58.1 Å². The van der Waals surface area contributed by atoms with Gasteiger partial charge in [-0.3, -0.25) is 9.47 Å². The number of nitrogens with one attached hydrogen (secondary N) is 1. The summed E-state index contributed by atoms with van der Waals surface area (Å²) in [6.45, 7) is 7.45. The number of benzene rings is 2. The molecule has 1 fully saturated rings. The van der Waals surface area contributed by atoms with Gasteiger partial charge in [-0.25, -0.2) is 19.0 Å². The maximum absolute atomic E-state index is 13.1. The molecule has 2 atom stereocenters. The Morgan fingerprint density at radius 2 is 1.62 bits per heavy atom. The highest BCUT2D eigenvalue weighted by molar-refractivity contribution is 5.89. The summed E-state index contributed by atoms with van der Waals surface area (Å²) in [5.74, 6) is 0.909. The molecular formula is C27H35N5O5. The number of hydrogen-bond acceptors (Lipinski definition) is 6. The minimum atomic E-state index is -0.846. The average Bonchev–Trinajstić information content (AvgIpc) is 3.18. The van der Waals surface area contributed by atoms with Gasteiger partial charge in [0.05, 0.1) is 11.0 Å². The Kier molecular flexibility index (Phi) is 8.17. The standard InChI is InChI=1S/C27H35N5O5/c1-18(2)31-22-11-7-8-12-23(22)32(27(31)35)26(34)29-17-20-13-15-30(16-14-20)24(19(3)36-25(28)33)37-21-9-5-4-6-10-21/h4-12,18-20,24H,13-17H2,1-3H3,(H2,28,33)(H,29,34). The number of ether oxygens (including phenoxy) is 2. The molecule has 1 aliphatic rings. The first-order chi connectivity index (χ1) is 17.8. The molecule has 0 saturated carbocycles. The number of piperidine rings is 1. The first kappa shape index (κ1) is 26.3. The lowest BCUT2D eigenvalue weighted by Crippen LogP contribution is -2.52. The zero-order chi connectivity index (χ0) is 26.5. The summed E-state index contributed by atoms with van der Waals surface area (Å²) in [7, 11) is 0. The number of hydrogen-bond donors (Lipinski definition) is 2. The topological polar surface area (TPSA) is 121 Å². The van der Waals surface area contributed by atoms with E-state index in [1.54, 1.807) is 17.6 Å². The molecule has 0 spiro atoms. The van der Waals surface area contributed by atoms with E-state index in [9.17, 15) is 14.4 Å². The van der Waals surface area contributed by atoms with E-state index >= 15 is 0 Å². The van der Waals surface area contributed by atoms with E-state index in [0.29, 0.717) is 30.9 Å². The number of nitrogens with two attached hydrogens (primary N) is 1. The number of carbonyl (C=O) groups excluding carboxylic acids is 2. The van der Waals surface area contributed by atoms with Crippen LogP contribution in [0.25, 0.3) is 11.0 Å². The van der Waals surface area contributed by atoms with E-state index in [0.717, 1.165) is 18.4 Å². The third kappa shape index (κ3) is 5.96. The third-order valence-corrected chi connectivity index (χ3v) is 6.75. The Morgan fingerprint density at radius 1 is 1.00 bits per heavy atom. The second-order valence-corrected chi connectivity index (χ2v) is 9.70. The maximum Gasteiger partial charge on any atom is 0.404 e. The van der Waals surface area contributed by atoms with Crippen LogP contribution in [0, 0.1) is 5.92 Å². The van der Waals surface area contributed by atoms with Crippen molar-refractivity contribution in [3.05, 3.63) is 65.1 Å². The molecule has 2 heterocycles. The number of amides is 2. The van der Waals surface area contributed by atoms with Gasteiger partial charge in [-0.05, 0) is 63.8 Å².